The number of nitrogens with zero attached hydrogens (tertiary/aromatic N) is 4. The maximum atomic E-state index is 13.2. The van der Waals surface area contributed by atoms with Crippen molar-refractivity contribution in [3.05, 3.63) is 53.0 Å². The standard InChI is InChI=1S/C25H29N5O4/c1-5-10-29(25(33)34-4)24(32)19-13-30-22(16(19)3)23(26-14-27-30)28-20-12-18(9-6-15(20)2)21(31)11-17-7-8-17/h6,9,12-14,17H,5,7-8,10-11H2,1-4H3,(H,26,27,28). The van der Waals surface area contributed by atoms with E-state index in [1.807, 2.05) is 32.0 Å². The molecule has 1 N–H and O–H groups in total. The van der Waals surface area contributed by atoms with E-state index in [0.29, 0.717) is 46.8 Å². The zero-order valence-electron chi connectivity index (χ0n) is 19.9. The predicted octanol–water partition coefficient (Wildman–Crippen LogP) is 4.69. The maximum Gasteiger partial charge on any atom is 0.416 e. The van der Waals surface area contributed by atoms with Crippen molar-refractivity contribution in [1.82, 2.24) is 19.5 Å². The molecule has 1 aromatic carbocycles. The van der Waals surface area contributed by atoms with Crippen LogP contribution in [0.15, 0.2) is 30.7 Å². The van der Waals surface area contributed by atoms with Gasteiger partial charge in [-0.3, -0.25) is 9.59 Å². The number of amides is 2. The molecule has 1 aliphatic rings. The molecule has 0 radical (unpaired) electrons. The van der Waals surface area contributed by atoms with Crippen LogP contribution < -0.4 is 5.32 Å². The van der Waals surface area contributed by atoms with Crippen LogP contribution in [0.4, 0.5) is 16.3 Å². The SMILES string of the molecule is CCCN(C(=O)OC)C(=O)c1cn2ncnc(Nc3cc(C(=O)CC4CC4)ccc3C)c2c1C. The Morgan fingerprint density at radius 3 is 2.68 bits per heavy atom. The Labute approximate surface area is 198 Å². The fourth-order valence-corrected chi connectivity index (χ4v) is 3.98. The lowest BCUT2D eigenvalue weighted by Gasteiger charge is -2.18. The summed E-state index contributed by atoms with van der Waals surface area (Å²) in [5.74, 6) is 0.709. The van der Waals surface area contributed by atoms with E-state index in [1.165, 1.54) is 13.4 Å². The molecule has 2 aromatic heterocycles. The van der Waals surface area contributed by atoms with E-state index >= 15 is 0 Å². The van der Waals surface area contributed by atoms with Crippen LogP contribution in [0.1, 0.15) is 64.4 Å². The zero-order valence-corrected chi connectivity index (χ0v) is 19.9. The number of carbonyl (C=O) groups is 3. The number of aryl methyl sites for hydroxylation is 2. The van der Waals surface area contributed by atoms with Crippen LogP contribution >= 0.6 is 0 Å². The minimum absolute atomic E-state index is 0.143. The van der Waals surface area contributed by atoms with Crippen molar-refractivity contribution in [2.75, 3.05) is 19.0 Å². The van der Waals surface area contributed by atoms with Gasteiger partial charge >= 0.3 is 6.09 Å². The van der Waals surface area contributed by atoms with Gasteiger partial charge in [-0.2, -0.15) is 5.10 Å². The Bertz CT molecular complexity index is 1260. The van der Waals surface area contributed by atoms with Crippen molar-refractivity contribution in [1.29, 1.82) is 0 Å². The summed E-state index contributed by atoms with van der Waals surface area (Å²) in [6, 6.07) is 5.62. The highest BCUT2D eigenvalue weighted by molar-refractivity contribution is 6.05. The molecule has 2 heterocycles. The summed E-state index contributed by atoms with van der Waals surface area (Å²) < 4.78 is 6.35. The highest BCUT2D eigenvalue weighted by Crippen LogP contribution is 2.34. The van der Waals surface area contributed by atoms with Gasteiger partial charge in [-0.15, -0.1) is 0 Å². The number of hydrogen-bond donors (Lipinski definition) is 1. The summed E-state index contributed by atoms with van der Waals surface area (Å²) in [6.45, 7) is 5.87. The van der Waals surface area contributed by atoms with Crippen LogP contribution in [-0.4, -0.2) is 50.9 Å². The van der Waals surface area contributed by atoms with E-state index in [-0.39, 0.29) is 12.3 Å². The Kier molecular flexibility index (Phi) is 6.63. The molecule has 0 spiro atoms. The molecule has 1 aliphatic carbocycles. The zero-order chi connectivity index (χ0) is 24.4. The first-order valence-corrected chi connectivity index (χ1v) is 11.5. The number of aromatic nitrogens is 3. The number of ether oxygens (including phenoxy) is 1. The van der Waals surface area contributed by atoms with Crippen LogP contribution in [0.3, 0.4) is 0 Å². The van der Waals surface area contributed by atoms with Gasteiger partial charge in [0.25, 0.3) is 5.91 Å². The number of ketones is 1. The fraction of sp³-hybridized carbons (Fsp3) is 0.400. The molecule has 0 saturated heterocycles. The smallest absolute Gasteiger partial charge is 0.416 e. The normalized spacial score (nSPS) is 13.1. The summed E-state index contributed by atoms with van der Waals surface area (Å²) in [5.41, 5.74) is 3.98. The van der Waals surface area contributed by atoms with Crippen LogP contribution in [0.2, 0.25) is 0 Å². The molecular weight excluding hydrogens is 434 g/mol. The van der Waals surface area contributed by atoms with Gasteiger partial charge in [0.05, 0.1) is 12.7 Å². The molecule has 1 saturated carbocycles. The molecule has 0 aliphatic heterocycles. The molecule has 0 unspecified atom stereocenters. The second kappa shape index (κ2) is 9.62. The van der Waals surface area contributed by atoms with Gasteiger partial charge in [0, 0.05) is 30.4 Å². The molecule has 1 fully saturated rings. The van der Waals surface area contributed by atoms with E-state index in [4.69, 9.17) is 4.74 Å². The average molecular weight is 464 g/mol. The molecular formula is C25H29N5O4. The Morgan fingerprint density at radius 1 is 1.24 bits per heavy atom. The third-order valence-electron chi connectivity index (χ3n) is 6.13. The number of imide groups is 1. The predicted molar refractivity (Wildman–Crippen MR) is 128 cm³/mol. The van der Waals surface area contributed by atoms with E-state index in [1.54, 1.807) is 17.6 Å². The fourth-order valence-electron chi connectivity index (χ4n) is 3.98. The Hall–Kier alpha value is -3.75. The van der Waals surface area contributed by atoms with Crippen molar-refractivity contribution >= 4 is 34.8 Å². The lowest BCUT2D eigenvalue weighted by molar-refractivity contribution is 0.0706. The first-order valence-electron chi connectivity index (χ1n) is 11.5. The highest BCUT2D eigenvalue weighted by atomic mass is 16.5. The summed E-state index contributed by atoms with van der Waals surface area (Å²) in [7, 11) is 1.25. The second-order valence-corrected chi connectivity index (χ2v) is 8.72. The third kappa shape index (κ3) is 4.64. The summed E-state index contributed by atoms with van der Waals surface area (Å²) in [5, 5.41) is 7.57. The quantitative estimate of drug-likeness (QED) is 0.483. The Balaban J connectivity index is 1.68. The van der Waals surface area contributed by atoms with Gasteiger partial charge in [0.2, 0.25) is 0 Å². The van der Waals surface area contributed by atoms with E-state index < -0.39 is 12.0 Å². The van der Waals surface area contributed by atoms with Gasteiger partial charge in [0.15, 0.2) is 11.6 Å². The summed E-state index contributed by atoms with van der Waals surface area (Å²) in [4.78, 5) is 43.4. The summed E-state index contributed by atoms with van der Waals surface area (Å²) >= 11 is 0. The highest BCUT2D eigenvalue weighted by Gasteiger charge is 2.27. The molecule has 178 valence electrons. The number of carbonyl (C=O) groups excluding carboxylic acids is 3. The van der Waals surface area contributed by atoms with Gasteiger partial charge in [0.1, 0.15) is 11.8 Å². The topological polar surface area (TPSA) is 106 Å². The number of anilines is 2. The third-order valence-corrected chi connectivity index (χ3v) is 6.13. The number of hydrogen-bond acceptors (Lipinski definition) is 7. The van der Waals surface area contributed by atoms with Gasteiger partial charge in [-0.05, 0) is 56.2 Å². The van der Waals surface area contributed by atoms with Gasteiger partial charge < -0.3 is 10.1 Å². The van der Waals surface area contributed by atoms with Crippen molar-refractivity contribution in [2.24, 2.45) is 5.92 Å². The van der Waals surface area contributed by atoms with E-state index in [2.05, 4.69) is 15.4 Å². The average Bonchev–Trinajstić information content (AvgIpc) is 3.58. The minimum atomic E-state index is -0.700. The van der Waals surface area contributed by atoms with Crippen molar-refractivity contribution in [2.45, 2.75) is 46.5 Å². The first-order chi connectivity index (χ1) is 16.3. The Morgan fingerprint density at radius 2 is 2.00 bits per heavy atom. The largest absolute Gasteiger partial charge is 0.452 e. The van der Waals surface area contributed by atoms with Crippen molar-refractivity contribution < 1.29 is 19.1 Å². The van der Waals surface area contributed by atoms with Crippen LogP contribution in [0.5, 0.6) is 0 Å². The lowest BCUT2D eigenvalue weighted by Crippen LogP contribution is -2.37. The monoisotopic (exact) mass is 463 g/mol. The van der Waals surface area contributed by atoms with Crippen LogP contribution in [-0.2, 0) is 4.74 Å². The van der Waals surface area contributed by atoms with Crippen molar-refractivity contribution in [3.8, 4) is 0 Å². The number of methoxy groups -OCH3 is 1. The summed E-state index contributed by atoms with van der Waals surface area (Å²) in [6.07, 6.45) is 5.73. The molecule has 9 nitrogen and oxygen atoms in total. The number of benzene rings is 1. The molecule has 3 aromatic rings. The first kappa shape index (κ1) is 23.4. The number of nitrogens with one attached hydrogen (secondary N) is 1. The number of fused-ring (bicyclic) bond motifs is 1. The van der Waals surface area contributed by atoms with Crippen LogP contribution in [0, 0.1) is 19.8 Å². The number of rotatable bonds is 8. The number of Topliss-reactive ketones (excluding diaryl/α,β-unsaturated/α-hetero) is 1. The van der Waals surface area contributed by atoms with Crippen molar-refractivity contribution in [3.63, 3.8) is 0 Å². The lowest BCUT2D eigenvalue weighted by atomic mass is 10.0. The second-order valence-electron chi connectivity index (χ2n) is 8.72. The molecule has 0 bridgehead atoms. The molecule has 9 heteroatoms. The minimum Gasteiger partial charge on any atom is -0.452 e. The molecule has 2 amide bonds. The van der Waals surface area contributed by atoms with Gasteiger partial charge in [-0.25, -0.2) is 19.2 Å². The molecule has 34 heavy (non-hydrogen) atoms. The molecule has 4 rings (SSSR count). The van der Waals surface area contributed by atoms with E-state index in [9.17, 15) is 14.4 Å². The molecule has 0 atom stereocenters. The van der Waals surface area contributed by atoms with Gasteiger partial charge in [-0.1, -0.05) is 19.1 Å². The maximum absolute atomic E-state index is 13.2. The van der Waals surface area contributed by atoms with Crippen LogP contribution in [0.25, 0.3) is 5.52 Å². The van der Waals surface area contributed by atoms with E-state index in [0.717, 1.165) is 29.0 Å².